The first kappa shape index (κ1) is 20.0. The number of nitrogens with zero attached hydrogens (tertiary/aromatic N) is 1. The van der Waals surface area contributed by atoms with E-state index in [1.807, 2.05) is 19.1 Å². The van der Waals surface area contributed by atoms with Crippen LogP contribution in [0.15, 0.2) is 18.2 Å². The van der Waals surface area contributed by atoms with Gasteiger partial charge in [-0.2, -0.15) is 4.31 Å². The second-order valence-electron chi connectivity index (χ2n) is 6.29. The summed E-state index contributed by atoms with van der Waals surface area (Å²) in [6.07, 6.45) is 4.02. The van der Waals surface area contributed by atoms with Crippen molar-refractivity contribution in [3.8, 4) is 5.75 Å². The lowest BCUT2D eigenvalue weighted by Gasteiger charge is -2.32. The zero-order valence-electron chi connectivity index (χ0n) is 14.6. The highest BCUT2D eigenvalue weighted by atomic mass is 35.5. The van der Waals surface area contributed by atoms with Crippen LogP contribution in [0.4, 0.5) is 0 Å². The molecule has 25 heavy (non-hydrogen) atoms. The van der Waals surface area contributed by atoms with E-state index in [-0.39, 0.29) is 5.91 Å². The second-order valence-corrected chi connectivity index (χ2v) is 8.66. The van der Waals surface area contributed by atoms with Gasteiger partial charge in [0, 0.05) is 18.1 Å². The van der Waals surface area contributed by atoms with E-state index < -0.39 is 16.1 Å². The number of hydrogen-bond acceptors (Lipinski definition) is 4. The van der Waals surface area contributed by atoms with Crippen molar-refractivity contribution in [1.82, 2.24) is 9.62 Å². The Bertz CT molecular complexity index is 709. The van der Waals surface area contributed by atoms with E-state index in [1.54, 1.807) is 6.07 Å². The average Bonchev–Trinajstić information content (AvgIpc) is 2.55. The highest BCUT2D eigenvalue weighted by Crippen LogP contribution is 2.22. The number of hydrogen-bond donors (Lipinski definition) is 1. The molecule has 1 aromatic carbocycles. The molecule has 0 radical (unpaired) electrons. The van der Waals surface area contributed by atoms with Gasteiger partial charge in [0.2, 0.25) is 15.9 Å². The molecule has 1 aliphatic heterocycles. The van der Waals surface area contributed by atoms with Crippen LogP contribution >= 0.6 is 11.6 Å². The summed E-state index contributed by atoms with van der Waals surface area (Å²) in [5, 5.41) is 3.48. The van der Waals surface area contributed by atoms with Crippen LogP contribution in [0.3, 0.4) is 0 Å². The van der Waals surface area contributed by atoms with E-state index >= 15 is 0 Å². The van der Waals surface area contributed by atoms with Gasteiger partial charge in [0.05, 0.1) is 12.9 Å². The number of sulfonamides is 1. The highest BCUT2D eigenvalue weighted by molar-refractivity contribution is 7.88. The van der Waals surface area contributed by atoms with E-state index in [2.05, 4.69) is 5.32 Å². The SMILES string of the molecule is Cc1cc(Cl)ccc1OCCCNC(=O)C1CCCCN1S(C)(=O)=O. The Kier molecular flexibility index (Phi) is 7.10. The summed E-state index contributed by atoms with van der Waals surface area (Å²) >= 11 is 5.90. The summed E-state index contributed by atoms with van der Waals surface area (Å²) in [4.78, 5) is 12.3. The molecule has 0 spiro atoms. The lowest BCUT2D eigenvalue weighted by Crippen LogP contribution is -2.51. The first-order chi connectivity index (χ1) is 11.8. The zero-order valence-corrected chi connectivity index (χ0v) is 16.2. The molecule has 1 aromatic rings. The fourth-order valence-corrected chi connectivity index (χ4v) is 4.27. The van der Waals surface area contributed by atoms with E-state index in [1.165, 1.54) is 4.31 Å². The number of benzene rings is 1. The molecule has 1 N–H and O–H groups in total. The summed E-state index contributed by atoms with van der Waals surface area (Å²) in [7, 11) is -3.36. The minimum Gasteiger partial charge on any atom is -0.493 e. The molecule has 1 unspecified atom stereocenters. The average molecular weight is 389 g/mol. The van der Waals surface area contributed by atoms with Crippen molar-refractivity contribution in [2.45, 2.75) is 38.6 Å². The van der Waals surface area contributed by atoms with Gasteiger partial charge in [-0.15, -0.1) is 0 Å². The lowest BCUT2D eigenvalue weighted by atomic mass is 10.0. The van der Waals surface area contributed by atoms with Crippen LogP contribution in [-0.4, -0.2) is 50.6 Å². The summed E-state index contributed by atoms with van der Waals surface area (Å²) < 4.78 is 30.6. The Hall–Kier alpha value is -1.31. The summed E-state index contributed by atoms with van der Waals surface area (Å²) in [5.74, 6) is 0.541. The van der Waals surface area contributed by atoms with Crippen LogP contribution < -0.4 is 10.1 Å². The standard InChI is InChI=1S/C17H25ClN2O4S/c1-13-12-14(18)7-8-16(13)24-11-5-9-19-17(21)15-6-3-4-10-20(15)25(2,22)23/h7-8,12,15H,3-6,9-11H2,1-2H3,(H,19,21). The van der Waals surface area contributed by atoms with Crippen molar-refractivity contribution in [2.24, 2.45) is 0 Å². The molecule has 1 fully saturated rings. The van der Waals surface area contributed by atoms with E-state index in [0.29, 0.717) is 37.6 Å². The Balaban J connectivity index is 1.76. The van der Waals surface area contributed by atoms with Gasteiger partial charge in [-0.25, -0.2) is 8.42 Å². The van der Waals surface area contributed by atoms with E-state index in [9.17, 15) is 13.2 Å². The minimum absolute atomic E-state index is 0.229. The Morgan fingerprint density at radius 1 is 1.40 bits per heavy atom. The van der Waals surface area contributed by atoms with Gasteiger partial charge in [-0.3, -0.25) is 4.79 Å². The Morgan fingerprint density at radius 2 is 2.16 bits per heavy atom. The number of ether oxygens (including phenoxy) is 1. The van der Waals surface area contributed by atoms with Gasteiger partial charge in [0.1, 0.15) is 11.8 Å². The smallest absolute Gasteiger partial charge is 0.238 e. The molecule has 0 saturated carbocycles. The molecule has 0 aliphatic carbocycles. The fourth-order valence-electron chi connectivity index (χ4n) is 2.92. The first-order valence-electron chi connectivity index (χ1n) is 8.42. The third-order valence-corrected chi connectivity index (χ3v) is 5.72. The maximum atomic E-state index is 12.3. The van der Waals surface area contributed by atoms with Gasteiger partial charge < -0.3 is 10.1 Å². The van der Waals surface area contributed by atoms with Gasteiger partial charge in [0.15, 0.2) is 0 Å². The quantitative estimate of drug-likeness (QED) is 0.727. The minimum atomic E-state index is -3.36. The molecule has 0 aromatic heterocycles. The van der Waals surface area contributed by atoms with Crippen molar-refractivity contribution in [3.05, 3.63) is 28.8 Å². The molecule has 2 rings (SSSR count). The van der Waals surface area contributed by atoms with Gasteiger partial charge in [-0.05, 0) is 49.9 Å². The molecular weight excluding hydrogens is 364 g/mol. The van der Waals surface area contributed by atoms with Crippen LogP contribution in [0, 0.1) is 6.92 Å². The molecular formula is C17H25ClN2O4S. The molecule has 1 heterocycles. The van der Waals surface area contributed by atoms with Crippen molar-refractivity contribution >= 4 is 27.5 Å². The lowest BCUT2D eigenvalue weighted by molar-refractivity contribution is -0.125. The van der Waals surface area contributed by atoms with Gasteiger partial charge in [0.25, 0.3) is 0 Å². The molecule has 140 valence electrons. The number of carbonyl (C=O) groups is 1. The molecule has 1 aliphatic rings. The third kappa shape index (κ3) is 5.87. The summed E-state index contributed by atoms with van der Waals surface area (Å²) in [6.45, 7) is 3.24. The van der Waals surface area contributed by atoms with Crippen molar-refractivity contribution in [2.75, 3.05) is 26.0 Å². The third-order valence-electron chi connectivity index (χ3n) is 4.20. The fraction of sp³-hybridized carbons (Fsp3) is 0.588. The zero-order chi connectivity index (χ0) is 18.4. The number of piperidine rings is 1. The molecule has 6 nitrogen and oxygen atoms in total. The highest BCUT2D eigenvalue weighted by Gasteiger charge is 2.34. The first-order valence-corrected chi connectivity index (χ1v) is 10.6. The number of amides is 1. The number of aryl methyl sites for hydroxylation is 1. The topological polar surface area (TPSA) is 75.7 Å². The molecule has 1 atom stereocenters. The summed E-state index contributed by atoms with van der Waals surface area (Å²) in [5.41, 5.74) is 0.961. The monoisotopic (exact) mass is 388 g/mol. The van der Waals surface area contributed by atoms with Crippen LogP contribution in [-0.2, 0) is 14.8 Å². The van der Waals surface area contributed by atoms with Crippen molar-refractivity contribution in [1.29, 1.82) is 0 Å². The van der Waals surface area contributed by atoms with Crippen LogP contribution in [0.5, 0.6) is 5.75 Å². The summed E-state index contributed by atoms with van der Waals surface area (Å²) in [6, 6.07) is 4.83. The number of nitrogens with one attached hydrogen (secondary N) is 1. The van der Waals surface area contributed by atoms with Crippen LogP contribution in [0.2, 0.25) is 5.02 Å². The molecule has 1 saturated heterocycles. The number of carbonyl (C=O) groups excluding carboxylic acids is 1. The maximum Gasteiger partial charge on any atom is 0.238 e. The second kappa shape index (κ2) is 8.87. The molecule has 0 bridgehead atoms. The maximum absolute atomic E-state index is 12.3. The van der Waals surface area contributed by atoms with E-state index in [4.69, 9.17) is 16.3 Å². The van der Waals surface area contributed by atoms with Crippen molar-refractivity contribution < 1.29 is 17.9 Å². The molecule has 8 heteroatoms. The Morgan fingerprint density at radius 3 is 2.84 bits per heavy atom. The number of halogens is 1. The largest absolute Gasteiger partial charge is 0.493 e. The Labute approximate surface area is 154 Å². The van der Waals surface area contributed by atoms with Crippen LogP contribution in [0.25, 0.3) is 0 Å². The predicted molar refractivity (Wildman–Crippen MR) is 98.5 cm³/mol. The van der Waals surface area contributed by atoms with Crippen molar-refractivity contribution in [3.63, 3.8) is 0 Å². The van der Waals surface area contributed by atoms with Gasteiger partial charge >= 0.3 is 0 Å². The molecule has 1 amide bonds. The number of rotatable bonds is 7. The van der Waals surface area contributed by atoms with Crippen LogP contribution in [0.1, 0.15) is 31.2 Å². The van der Waals surface area contributed by atoms with E-state index in [0.717, 1.165) is 30.4 Å². The normalized spacial score (nSPS) is 18.8. The van der Waals surface area contributed by atoms with Gasteiger partial charge in [-0.1, -0.05) is 18.0 Å². The predicted octanol–water partition coefficient (Wildman–Crippen LogP) is 2.35.